The number of ether oxygens (including phenoxy) is 1. The zero-order valence-corrected chi connectivity index (χ0v) is 11.6. The zero-order chi connectivity index (χ0) is 13.8. The molecule has 19 heavy (non-hydrogen) atoms. The zero-order valence-electron chi connectivity index (χ0n) is 10.9. The van der Waals surface area contributed by atoms with Crippen molar-refractivity contribution in [2.45, 2.75) is 33.1 Å². The number of aromatic nitrogens is 3. The van der Waals surface area contributed by atoms with Gasteiger partial charge < -0.3 is 9.84 Å². The minimum absolute atomic E-state index is 0.307. The second-order valence-corrected chi connectivity index (χ2v) is 4.55. The van der Waals surface area contributed by atoms with Crippen molar-refractivity contribution in [1.82, 2.24) is 14.8 Å². The number of benzene rings is 1. The molecule has 6 heteroatoms. The molecule has 1 heterocycles. The largest absolute Gasteiger partial charge is 0.484 e. The molecule has 0 saturated carbocycles. The Bertz CT molecular complexity index is 555. The van der Waals surface area contributed by atoms with E-state index in [9.17, 15) is 5.11 Å². The lowest BCUT2D eigenvalue weighted by atomic mass is 10.1. The monoisotopic (exact) mass is 281 g/mol. The highest BCUT2D eigenvalue weighted by molar-refractivity contribution is 6.32. The topological polar surface area (TPSA) is 60.2 Å². The second kappa shape index (κ2) is 6.04. The predicted octanol–water partition coefficient (Wildman–Crippen LogP) is 2.58. The SMILES string of the molecule is CCn1ncnc1COc1ccc([C@H](C)O)cc1Cl. The molecule has 102 valence electrons. The van der Waals surface area contributed by atoms with Gasteiger partial charge in [0.25, 0.3) is 0 Å². The summed E-state index contributed by atoms with van der Waals surface area (Å²) in [5, 5.41) is 14.0. The Morgan fingerprint density at radius 1 is 1.47 bits per heavy atom. The van der Waals surface area contributed by atoms with Crippen molar-refractivity contribution in [2.24, 2.45) is 0 Å². The highest BCUT2D eigenvalue weighted by Gasteiger charge is 2.08. The molecule has 0 aliphatic heterocycles. The fourth-order valence-corrected chi connectivity index (χ4v) is 1.94. The first-order valence-electron chi connectivity index (χ1n) is 6.08. The van der Waals surface area contributed by atoms with Gasteiger partial charge in [0.2, 0.25) is 0 Å². The summed E-state index contributed by atoms with van der Waals surface area (Å²) < 4.78 is 7.38. The van der Waals surface area contributed by atoms with Crippen molar-refractivity contribution in [2.75, 3.05) is 0 Å². The van der Waals surface area contributed by atoms with E-state index in [0.717, 1.165) is 17.9 Å². The van der Waals surface area contributed by atoms with Crippen LogP contribution in [0, 0.1) is 0 Å². The van der Waals surface area contributed by atoms with Gasteiger partial charge in [0, 0.05) is 6.54 Å². The third-order valence-corrected chi connectivity index (χ3v) is 3.09. The number of aliphatic hydroxyl groups excluding tert-OH is 1. The fourth-order valence-electron chi connectivity index (χ4n) is 1.70. The average molecular weight is 282 g/mol. The number of rotatable bonds is 5. The van der Waals surface area contributed by atoms with Gasteiger partial charge in [-0.3, -0.25) is 0 Å². The maximum Gasteiger partial charge on any atom is 0.164 e. The van der Waals surface area contributed by atoms with E-state index in [1.807, 2.05) is 6.92 Å². The Hall–Kier alpha value is -1.59. The van der Waals surface area contributed by atoms with Crippen LogP contribution < -0.4 is 4.74 Å². The lowest BCUT2D eigenvalue weighted by Gasteiger charge is -2.10. The summed E-state index contributed by atoms with van der Waals surface area (Å²) in [6.45, 7) is 4.73. The molecule has 5 nitrogen and oxygen atoms in total. The molecule has 0 unspecified atom stereocenters. The average Bonchev–Trinajstić information content (AvgIpc) is 2.84. The van der Waals surface area contributed by atoms with Crippen molar-refractivity contribution in [3.63, 3.8) is 0 Å². The summed E-state index contributed by atoms with van der Waals surface area (Å²) in [6, 6.07) is 5.24. The summed E-state index contributed by atoms with van der Waals surface area (Å²) in [5.41, 5.74) is 0.758. The van der Waals surface area contributed by atoms with Crippen LogP contribution in [0.5, 0.6) is 5.75 Å². The predicted molar refractivity (Wildman–Crippen MR) is 72.1 cm³/mol. The number of nitrogens with zero attached hydrogens (tertiary/aromatic N) is 3. The van der Waals surface area contributed by atoms with Gasteiger partial charge >= 0.3 is 0 Å². The van der Waals surface area contributed by atoms with Crippen molar-refractivity contribution in [3.8, 4) is 5.75 Å². The Labute approximate surface area is 116 Å². The molecule has 0 aliphatic rings. The van der Waals surface area contributed by atoms with Crippen LogP contribution in [0.4, 0.5) is 0 Å². The van der Waals surface area contributed by atoms with Gasteiger partial charge in [0.15, 0.2) is 5.82 Å². The quantitative estimate of drug-likeness (QED) is 0.915. The molecule has 0 amide bonds. The molecule has 1 aromatic carbocycles. The van der Waals surface area contributed by atoms with E-state index in [1.54, 1.807) is 29.8 Å². The van der Waals surface area contributed by atoms with E-state index in [4.69, 9.17) is 16.3 Å². The first-order valence-corrected chi connectivity index (χ1v) is 6.46. The third kappa shape index (κ3) is 3.24. The molecule has 2 rings (SSSR count). The van der Waals surface area contributed by atoms with Crippen LogP contribution in [0.1, 0.15) is 31.3 Å². The van der Waals surface area contributed by atoms with Crippen LogP contribution in [0.25, 0.3) is 0 Å². The Morgan fingerprint density at radius 3 is 2.89 bits per heavy atom. The highest BCUT2D eigenvalue weighted by Crippen LogP contribution is 2.28. The van der Waals surface area contributed by atoms with Gasteiger partial charge in [-0.25, -0.2) is 9.67 Å². The fraction of sp³-hybridized carbons (Fsp3) is 0.385. The molecule has 1 aromatic heterocycles. The maximum atomic E-state index is 9.47. The van der Waals surface area contributed by atoms with E-state index in [0.29, 0.717) is 17.4 Å². The molecule has 0 saturated heterocycles. The summed E-state index contributed by atoms with van der Waals surface area (Å²) in [7, 11) is 0. The summed E-state index contributed by atoms with van der Waals surface area (Å²) in [5.74, 6) is 1.31. The molecule has 1 N–H and O–H groups in total. The van der Waals surface area contributed by atoms with Gasteiger partial charge in [-0.1, -0.05) is 17.7 Å². The van der Waals surface area contributed by atoms with Crippen LogP contribution in [0.3, 0.4) is 0 Å². The van der Waals surface area contributed by atoms with Crippen LogP contribution >= 0.6 is 11.6 Å². The smallest absolute Gasteiger partial charge is 0.164 e. The van der Waals surface area contributed by atoms with E-state index in [2.05, 4.69) is 10.1 Å². The van der Waals surface area contributed by atoms with Crippen LogP contribution in [-0.4, -0.2) is 19.9 Å². The maximum absolute atomic E-state index is 9.47. The number of aliphatic hydroxyl groups is 1. The minimum Gasteiger partial charge on any atom is -0.484 e. The molecular formula is C13H16ClN3O2. The normalized spacial score (nSPS) is 12.4. The van der Waals surface area contributed by atoms with Gasteiger partial charge in [0.05, 0.1) is 11.1 Å². The van der Waals surface area contributed by atoms with Gasteiger partial charge in [-0.15, -0.1) is 0 Å². The number of hydrogen-bond donors (Lipinski definition) is 1. The molecule has 2 aromatic rings. The molecule has 0 bridgehead atoms. The molecule has 0 spiro atoms. The number of halogens is 1. The minimum atomic E-state index is -0.547. The standard InChI is InChI=1S/C13H16ClN3O2/c1-3-17-13(15-8-16-17)7-19-12-5-4-10(9(2)18)6-11(12)14/h4-6,8-9,18H,3,7H2,1-2H3/t9-/m0/s1. The third-order valence-electron chi connectivity index (χ3n) is 2.79. The summed E-state index contributed by atoms with van der Waals surface area (Å²) >= 11 is 6.11. The van der Waals surface area contributed by atoms with Crippen LogP contribution in [-0.2, 0) is 13.2 Å². The van der Waals surface area contributed by atoms with Crippen LogP contribution in [0.15, 0.2) is 24.5 Å². The van der Waals surface area contributed by atoms with Crippen molar-refractivity contribution in [1.29, 1.82) is 0 Å². The first kappa shape index (κ1) is 13.8. The van der Waals surface area contributed by atoms with Crippen molar-refractivity contribution < 1.29 is 9.84 Å². The van der Waals surface area contributed by atoms with Gasteiger partial charge in [-0.05, 0) is 31.5 Å². The second-order valence-electron chi connectivity index (χ2n) is 4.15. The lowest BCUT2D eigenvalue weighted by molar-refractivity contribution is 0.199. The van der Waals surface area contributed by atoms with Crippen molar-refractivity contribution >= 4 is 11.6 Å². The number of aryl methyl sites for hydroxylation is 1. The van der Waals surface area contributed by atoms with E-state index >= 15 is 0 Å². The Morgan fingerprint density at radius 2 is 2.26 bits per heavy atom. The molecule has 0 aliphatic carbocycles. The first-order chi connectivity index (χ1) is 9.11. The lowest BCUT2D eigenvalue weighted by Crippen LogP contribution is -2.07. The number of hydrogen-bond acceptors (Lipinski definition) is 4. The highest BCUT2D eigenvalue weighted by atomic mass is 35.5. The van der Waals surface area contributed by atoms with Gasteiger partial charge in [-0.2, -0.15) is 5.10 Å². The molecule has 0 fully saturated rings. The Kier molecular flexibility index (Phi) is 4.39. The molecule has 1 atom stereocenters. The molecule has 0 radical (unpaired) electrons. The van der Waals surface area contributed by atoms with Crippen molar-refractivity contribution in [3.05, 3.63) is 40.9 Å². The molecular weight excluding hydrogens is 266 g/mol. The van der Waals surface area contributed by atoms with E-state index < -0.39 is 6.10 Å². The summed E-state index contributed by atoms with van der Waals surface area (Å²) in [4.78, 5) is 4.12. The van der Waals surface area contributed by atoms with E-state index in [1.165, 1.54) is 6.33 Å². The van der Waals surface area contributed by atoms with Gasteiger partial charge in [0.1, 0.15) is 18.7 Å². The summed E-state index contributed by atoms with van der Waals surface area (Å²) in [6.07, 6.45) is 0.954. The Balaban J connectivity index is 2.08. The van der Waals surface area contributed by atoms with Crippen LogP contribution in [0.2, 0.25) is 5.02 Å². The van der Waals surface area contributed by atoms with E-state index in [-0.39, 0.29) is 0 Å².